The molecule has 1 aromatic carbocycles. The highest BCUT2D eigenvalue weighted by molar-refractivity contribution is 7.14. The van der Waals surface area contributed by atoms with Gasteiger partial charge in [0, 0.05) is 10.9 Å². The van der Waals surface area contributed by atoms with Gasteiger partial charge >= 0.3 is 0 Å². The van der Waals surface area contributed by atoms with Crippen molar-refractivity contribution < 1.29 is 13.9 Å². The molecule has 3 rings (SSSR count). The lowest BCUT2D eigenvalue weighted by Crippen LogP contribution is -2.03. The fourth-order valence-corrected chi connectivity index (χ4v) is 3.21. The summed E-state index contributed by atoms with van der Waals surface area (Å²) < 4.78 is 16.3. The van der Waals surface area contributed by atoms with Crippen LogP contribution in [0, 0.1) is 13.8 Å². The molecule has 0 unspecified atom stereocenters. The maximum absolute atomic E-state index is 5.60. The molecule has 0 amide bonds. The zero-order valence-electron chi connectivity index (χ0n) is 15.4. The maximum atomic E-state index is 5.60. The van der Waals surface area contributed by atoms with Gasteiger partial charge < -0.3 is 13.9 Å². The summed E-state index contributed by atoms with van der Waals surface area (Å²) in [7, 11) is 3.25. The van der Waals surface area contributed by atoms with Gasteiger partial charge in [-0.3, -0.25) is 5.43 Å². The van der Waals surface area contributed by atoms with Gasteiger partial charge in [-0.25, -0.2) is 4.98 Å². The highest BCUT2D eigenvalue weighted by Gasteiger charge is 2.11. The molecule has 0 saturated heterocycles. The molecular formula is C19H21N3O3S. The summed E-state index contributed by atoms with van der Waals surface area (Å²) in [6.07, 6.45) is 0. The van der Waals surface area contributed by atoms with E-state index in [0.29, 0.717) is 16.6 Å². The maximum Gasteiger partial charge on any atom is 0.204 e. The topological polar surface area (TPSA) is 68.9 Å². The Kier molecular flexibility index (Phi) is 5.27. The highest BCUT2D eigenvalue weighted by atomic mass is 32.1. The lowest BCUT2D eigenvalue weighted by Gasteiger charge is -2.12. The Bertz CT molecular complexity index is 943. The van der Waals surface area contributed by atoms with Gasteiger partial charge in [-0.05, 0) is 50.6 Å². The third-order valence-corrected chi connectivity index (χ3v) is 4.68. The third-order valence-electron chi connectivity index (χ3n) is 3.94. The Labute approximate surface area is 156 Å². The van der Waals surface area contributed by atoms with E-state index in [-0.39, 0.29) is 0 Å². The third kappa shape index (κ3) is 3.72. The SMILES string of the molecule is COc1cc(C)c(/C(C)=N/Nc2nc(-c3ccc(C)o3)cs2)cc1OC. The summed E-state index contributed by atoms with van der Waals surface area (Å²) in [6, 6.07) is 7.70. The molecular weight excluding hydrogens is 350 g/mol. The average molecular weight is 371 g/mol. The second-order valence-corrected chi connectivity index (χ2v) is 6.64. The van der Waals surface area contributed by atoms with Crippen LogP contribution >= 0.6 is 11.3 Å². The Morgan fingerprint density at radius 2 is 1.88 bits per heavy atom. The van der Waals surface area contributed by atoms with Crippen molar-refractivity contribution in [1.82, 2.24) is 4.98 Å². The summed E-state index contributed by atoms with van der Waals surface area (Å²) >= 11 is 1.47. The molecule has 0 aliphatic heterocycles. The lowest BCUT2D eigenvalue weighted by atomic mass is 10.0. The lowest BCUT2D eigenvalue weighted by molar-refractivity contribution is 0.354. The molecule has 0 spiro atoms. The molecule has 0 saturated carbocycles. The van der Waals surface area contributed by atoms with E-state index in [1.807, 2.05) is 50.4 Å². The molecule has 2 aromatic heterocycles. The molecule has 3 aromatic rings. The van der Waals surface area contributed by atoms with Gasteiger partial charge in [-0.2, -0.15) is 5.10 Å². The van der Waals surface area contributed by atoms with Gasteiger partial charge in [0.25, 0.3) is 0 Å². The molecule has 1 N–H and O–H groups in total. The van der Waals surface area contributed by atoms with Gasteiger partial charge in [0.1, 0.15) is 11.5 Å². The van der Waals surface area contributed by atoms with Crippen molar-refractivity contribution in [2.45, 2.75) is 20.8 Å². The summed E-state index contributed by atoms with van der Waals surface area (Å²) in [5, 5.41) is 7.09. The number of hydrazone groups is 1. The predicted molar refractivity (Wildman–Crippen MR) is 105 cm³/mol. The second-order valence-electron chi connectivity index (χ2n) is 5.78. The average Bonchev–Trinajstić information content (AvgIpc) is 3.28. The zero-order valence-corrected chi connectivity index (χ0v) is 16.2. The molecule has 0 fully saturated rings. The van der Waals surface area contributed by atoms with Gasteiger partial charge in [0.2, 0.25) is 5.13 Å². The van der Waals surface area contributed by atoms with Gasteiger partial charge in [-0.1, -0.05) is 0 Å². The first-order valence-corrected chi connectivity index (χ1v) is 8.95. The fraction of sp³-hybridized carbons (Fsp3) is 0.263. The number of anilines is 1. The minimum absolute atomic E-state index is 0.673. The summed E-state index contributed by atoms with van der Waals surface area (Å²) in [5.41, 5.74) is 6.67. The van der Waals surface area contributed by atoms with Gasteiger partial charge in [-0.15, -0.1) is 11.3 Å². The normalized spacial score (nSPS) is 11.5. The van der Waals surface area contributed by atoms with Crippen LogP contribution in [0.5, 0.6) is 11.5 Å². The van der Waals surface area contributed by atoms with Crippen LogP contribution in [0.4, 0.5) is 5.13 Å². The molecule has 0 radical (unpaired) electrons. The van der Waals surface area contributed by atoms with Gasteiger partial charge in [0.15, 0.2) is 17.3 Å². The second kappa shape index (κ2) is 7.61. The molecule has 26 heavy (non-hydrogen) atoms. The Balaban J connectivity index is 1.80. The van der Waals surface area contributed by atoms with Crippen molar-refractivity contribution in [3.05, 3.63) is 46.5 Å². The first kappa shape index (κ1) is 18.0. The number of rotatable bonds is 6. The van der Waals surface area contributed by atoms with Crippen LogP contribution in [0.25, 0.3) is 11.5 Å². The predicted octanol–water partition coefficient (Wildman–Crippen LogP) is 4.87. The van der Waals surface area contributed by atoms with E-state index >= 15 is 0 Å². The van der Waals surface area contributed by atoms with E-state index in [1.54, 1.807) is 14.2 Å². The first-order valence-electron chi connectivity index (χ1n) is 8.07. The smallest absolute Gasteiger partial charge is 0.204 e. The van der Waals surface area contributed by atoms with Crippen molar-refractivity contribution in [2.24, 2.45) is 5.10 Å². The van der Waals surface area contributed by atoms with Gasteiger partial charge in [0.05, 0.1) is 19.9 Å². The number of furan rings is 1. The van der Waals surface area contributed by atoms with E-state index in [0.717, 1.165) is 34.1 Å². The molecule has 0 bridgehead atoms. The molecule has 0 aliphatic rings. The Hall–Kier alpha value is -2.80. The van der Waals surface area contributed by atoms with E-state index < -0.39 is 0 Å². The number of nitrogens with one attached hydrogen (secondary N) is 1. The number of benzene rings is 1. The van der Waals surface area contributed by atoms with E-state index in [9.17, 15) is 0 Å². The van der Waals surface area contributed by atoms with Crippen LogP contribution in [-0.4, -0.2) is 24.9 Å². The first-order chi connectivity index (χ1) is 12.5. The number of hydrogen-bond acceptors (Lipinski definition) is 7. The van der Waals surface area contributed by atoms with Crippen molar-refractivity contribution in [3.63, 3.8) is 0 Å². The highest BCUT2D eigenvalue weighted by Crippen LogP contribution is 2.31. The van der Waals surface area contributed by atoms with E-state index in [4.69, 9.17) is 13.9 Å². The largest absolute Gasteiger partial charge is 0.493 e. The standard InChI is InChI=1S/C19H21N3O3S/c1-11-8-17(23-4)18(24-5)9-14(11)13(3)21-22-19-20-15(10-26-19)16-7-6-12(2)25-16/h6-10H,1-5H3,(H,20,22)/b21-13+. The monoisotopic (exact) mass is 371 g/mol. The molecule has 0 aliphatic carbocycles. The summed E-state index contributed by atoms with van der Waals surface area (Å²) in [4.78, 5) is 4.50. The summed E-state index contributed by atoms with van der Waals surface area (Å²) in [5.74, 6) is 2.99. The number of hydrogen-bond donors (Lipinski definition) is 1. The quantitative estimate of drug-likeness (QED) is 0.494. The van der Waals surface area contributed by atoms with Crippen LogP contribution in [-0.2, 0) is 0 Å². The Morgan fingerprint density at radius 1 is 1.15 bits per heavy atom. The van der Waals surface area contributed by atoms with Crippen molar-refractivity contribution >= 4 is 22.2 Å². The number of methoxy groups -OCH3 is 2. The number of ether oxygens (including phenoxy) is 2. The van der Waals surface area contributed by atoms with Crippen molar-refractivity contribution in [3.8, 4) is 23.0 Å². The van der Waals surface area contributed by atoms with Crippen LogP contribution in [0.1, 0.15) is 23.8 Å². The molecule has 7 heteroatoms. The minimum atomic E-state index is 0.673. The molecule has 136 valence electrons. The minimum Gasteiger partial charge on any atom is -0.493 e. The molecule has 0 atom stereocenters. The number of aryl methyl sites for hydroxylation is 2. The van der Waals surface area contributed by atoms with Crippen LogP contribution in [0.15, 0.2) is 39.2 Å². The fourth-order valence-electron chi connectivity index (χ4n) is 2.57. The molecule has 6 nitrogen and oxygen atoms in total. The number of thiazole rings is 1. The van der Waals surface area contributed by atoms with Crippen LogP contribution < -0.4 is 14.9 Å². The van der Waals surface area contributed by atoms with Crippen molar-refractivity contribution in [2.75, 3.05) is 19.6 Å². The van der Waals surface area contributed by atoms with Crippen LogP contribution in [0.3, 0.4) is 0 Å². The Morgan fingerprint density at radius 3 is 2.54 bits per heavy atom. The summed E-state index contributed by atoms with van der Waals surface area (Å²) in [6.45, 7) is 5.86. The van der Waals surface area contributed by atoms with Crippen molar-refractivity contribution in [1.29, 1.82) is 0 Å². The van der Waals surface area contributed by atoms with E-state index in [1.165, 1.54) is 11.3 Å². The number of nitrogens with zero attached hydrogens (tertiary/aromatic N) is 2. The van der Waals surface area contributed by atoms with Crippen LogP contribution in [0.2, 0.25) is 0 Å². The molecule has 2 heterocycles. The van der Waals surface area contributed by atoms with E-state index in [2.05, 4.69) is 15.5 Å². The number of aromatic nitrogens is 1. The zero-order chi connectivity index (χ0) is 18.7.